The molecule has 0 saturated carbocycles. The molecule has 3 N–H and O–H groups in total. The normalized spacial score (nSPS) is 19.5. The Morgan fingerprint density at radius 2 is 2.21 bits per heavy atom. The highest BCUT2D eigenvalue weighted by atomic mass is 32.2. The van der Waals surface area contributed by atoms with Crippen LogP contribution in [0.4, 0.5) is 4.79 Å². The van der Waals surface area contributed by atoms with Gasteiger partial charge in [-0.1, -0.05) is 6.08 Å². The molecule has 0 bridgehead atoms. The highest BCUT2D eigenvalue weighted by Crippen LogP contribution is 2.16. The van der Waals surface area contributed by atoms with E-state index in [1.807, 2.05) is 0 Å². The van der Waals surface area contributed by atoms with Gasteiger partial charge in [0.2, 0.25) is 5.91 Å². The lowest BCUT2D eigenvalue weighted by atomic mass is 10.2. The minimum absolute atomic E-state index is 0.0982. The zero-order valence-corrected chi connectivity index (χ0v) is 11.2. The van der Waals surface area contributed by atoms with Gasteiger partial charge in [-0.2, -0.15) is 11.8 Å². The van der Waals surface area contributed by atoms with E-state index >= 15 is 0 Å². The molecule has 0 aromatic rings. The number of rotatable bonds is 5. The number of aliphatic carboxylic acids is 1. The predicted molar refractivity (Wildman–Crippen MR) is 72.1 cm³/mol. The number of hydrogen-bond donors (Lipinski definition) is 3. The zero-order chi connectivity index (χ0) is 14.3. The number of carboxylic acid groups (broad SMARTS) is 1. The monoisotopic (exact) mass is 287 g/mol. The molecule has 7 nitrogen and oxygen atoms in total. The Morgan fingerprint density at radius 1 is 1.47 bits per heavy atom. The smallest absolute Gasteiger partial charge is 0.321 e. The molecule has 3 amide bonds. The quantitative estimate of drug-likeness (QED) is 0.590. The van der Waals surface area contributed by atoms with Crippen molar-refractivity contribution >= 4 is 29.7 Å². The number of nitrogens with zero attached hydrogens (tertiary/aromatic N) is 1. The number of carbonyl (C=O) groups excluding carboxylic acids is 2. The second-order valence-electron chi connectivity index (χ2n) is 3.95. The maximum atomic E-state index is 11.6. The van der Waals surface area contributed by atoms with E-state index in [-0.39, 0.29) is 13.1 Å². The van der Waals surface area contributed by atoms with Gasteiger partial charge >= 0.3 is 12.0 Å². The van der Waals surface area contributed by atoms with Crippen molar-refractivity contribution in [3.8, 4) is 0 Å². The SMILES string of the molecule is C=CCNC(=O)NC(=O)CN1CCSCC1C(=O)O. The van der Waals surface area contributed by atoms with Gasteiger partial charge in [0, 0.05) is 24.6 Å². The molecule has 1 saturated heterocycles. The number of carbonyl (C=O) groups is 3. The van der Waals surface area contributed by atoms with Crippen molar-refractivity contribution in [3.05, 3.63) is 12.7 Å². The first-order chi connectivity index (χ1) is 9.04. The lowest BCUT2D eigenvalue weighted by Gasteiger charge is -2.31. The molecule has 1 heterocycles. The Labute approximate surface area is 115 Å². The van der Waals surface area contributed by atoms with Gasteiger partial charge in [-0.15, -0.1) is 6.58 Å². The zero-order valence-electron chi connectivity index (χ0n) is 10.4. The van der Waals surface area contributed by atoms with Crippen LogP contribution in [0.3, 0.4) is 0 Å². The highest BCUT2D eigenvalue weighted by molar-refractivity contribution is 7.99. The molecule has 0 aromatic heterocycles. The summed E-state index contributed by atoms with van der Waals surface area (Å²) in [7, 11) is 0. The van der Waals surface area contributed by atoms with Crippen LogP contribution in [0, 0.1) is 0 Å². The third-order valence-electron chi connectivity index (χ3n) is 2.53. The molecule has 0 aliphatic carbocycles. The largest absolute Gasteiger partial charge is 0.480 e. The van der Waals surface area contributed by atoms with Crippen LogP contribution >= 0.6 is 11.8 Å². The Morgan fingerprint density at radius 3 is 2.84 bits per heavy atom. The minimum Gasteiger partial charge on any atom is -0.480 e. The molecule has 8 heteroatoms. The molecule has 106 valence electrons. The molecule has 1 rings (SSSR count). The van der Waals surface area contributed by atoms with Gasteiger partial charge in [-0.05, 0) is 0 Å². The van der Waals surface area contributed by atoms with Crippen LogP contribution in [-0.2, 0) is 9.59 Å². The maximum Gasteiger partial charge on any atom is 0.321 e. The number of nitrogens with one attached hydrogen (secondary N) is 2. The van der Waals surface area contributed by atoms with E-state index in [1.54, 1.807) is 16.7 Å². The number of urea groups is 1. The van der Waals surface area contributed by atoms with Crippen molar-refractivity contribution in [2.75, 3.05) is 31.1 Å². The maximum absolute atomic E-state index is 11.6. The third kappa shape index (κ3) is 5.31. The van der Waals surface area contributed by atoms with Crippen molar-refractivity contribution in [2.24, 2.45) is 0 Å². The summed E-state index contributed by atoms with van der Waals surface area (Å²) in [5.41, 5.74) is 0. The van der Waals surface area contributed by atoms with Crippen LogP contribution in [0.25, 0.3) is 0 Å². The van der Waals surface area contributed by atoms with Crippen LogP contribution < -0.4 is 10.6 Å². The van der Waals surface area contributed by atoms with E-state index in [1.165, 1.54) is 6.08 Å². The second-order valence-corrected chi connectivity index (χ2v) is 5.10. The van der Waals surface area contributed by atoms with Crippen molar-refractivity contribution < 1.29 is 19.5 Å². The summed E-state index contributed by atoms with van der Waals surface area (Å²) in [4.78, 5) is 35.5. The molecule has 19 heavy (non-hydrogen) atoms. The summed E-state index contributed by atoms with van der Waals surface area (Å²) in [5.74, 6) is -0.235. The summed E-state index contributed by atoms with van der Waals surface area (Å²) < 4.78 is 0. The van der Waals surface area contributed by atoms with Crippen molar-refractivity contribution in [2.45, 2.75) is 6.04 Å². The lowest BCUT2D eigenvalue weighted by Crippen LogP contribution is -2.52. The van der Waals surface area contributed by atoms with E-state index < -0.39 is 23.9 Å². The minimum atomic E-state index is -0.948. The van der Waals surface area contributed by atoms with Gasteiger partial charge in [0.15, 0.2) is 0 Å². The first kappa shape index (κ1) is 15.5. The summed E-state index contributed by atoms with van der Waals surface area (Å²) in [6.07, 6.45) is 1.49. The Kier molecular flexibility index (Phi) is 6.37. The summed E-state index contributed by atoms with van der Waals surface area (Å²) in [6.45, 7) is 4.11. The average Bonchev–Trinajstić information content (AvgIpc) is 2.36. The number of amides is 3. The standard InChI is InChI=1S/C11H17N3O4S/c1-2-3-12-11(18)13-9(15)6-14-4-5-19-7-8(14)10(16)17/h2,8H,1,3-7H2,(H,16,17)(H2,12,13,15,18). The summed E-state index contributed by atoms with van der Waals surface area (Å²) >= 11 is 1.54. The van der Waals surface area contributed by atoms with Gasteiger partial charge in [0.1, 0.15) is 6.04 Å². The fourth-order valence-electron chi connectivity index (χ4n) is 1.61. The molecular weight excluding hydrogens is 270 g/mol. The summed E-state index contributed by atoms with van der Waals surface area (Å²) in [6, 6.07) is -1.29. The fourth-order valence-corrected chi connectivity index (χ4v) is 2.72. The lowest BCUT2D eigenvalue weighted by molar-refractivity contribution is -0.142. The van der Waals surface area contributed by atoms with Crippen molar-refractivity contribution in [1.29, 1.82) is 0 Å². The van der Waals surface area contributed by atoms with Crippen molar-refractivity contribution in [3.63, 3.8) is 0 Å². The molecule has 1 fully saturated rings. The Balaban J connectivity index is 2.43. The van der Waals surface area contributed by atoms with Gasteiger partial charge in [0.25, 0.3) is 0 Å². The first-order valence-electron chi connectivity index (χ1n) is 5.77. The number of carboxylic acids is 1. The first-order valence-corrected chi connectivity index (χ1v) is 6.93. The molecule has 1 aliphatic rings. The fraction of sp³-hybridized carbons (Fsp3) is 0.545. The molecule has 1 unspecified atom stereocenters. The average molecular weight is 287 g/mol. The molecular formula is C11H17N3O4S. The van der Waals surface area contributed by atoms with Crippen LogP contribution in [0.1, 0.15) is 0 Å². The van der Waals surface area contributed by atoms with E-state index in [0.29, 0.717) is 12.3 Å². The van der Waals surface area contributed by atoms with Gasteiger partial charge < -0.3 is 10.4 Å². The highest BCUT2D eigenvalue weighted by Gasteiger charge is 2.30. The Bertz CT molecular complexity index is 375. The number of hydrogen-bond acceptors (Lipinski definition) is 5. The van der Waals surface area contributed by atoms with E-state index in [9.17, 15) is 14.4 Å². The van der Waals surface area contributed by atoms with Crippen LogP contribution in [0.15, 0.2) is 12.7 Å². The van der Waals surface area contributed by atoms with Gasteiger partial charge in [-0.25, -0.2) is 4.79 Å². The molecule has 1 aliphatic heterocycles. The van der Waals surface area contributed by atoms with Gasteiger partial charge in [-0.3, -0.25) is 19.8 Å². The summed E-state index contributed by atoms with van der Waals surface area (Å²) in [5, 5.41) is 13.6. The predicted octanol–water partition coefficient (Wildman–Crippen LogP) is -0.500. The van der Waals surface area contributed by atoms with Crippen molar-refractivity contribution in [1.82, 2.24) is 15.5 Å². The van der Waals surface area contributed by atoms with Gasteiger partial charge in [0.05, 0.1) is 6.54 Å². The molecule has 1 atom stereocenters. The third-order valence-corrected chi connectivity index (χ3v) is 3.55. The van der Waals surface area contributed by atoms with E-state index in [4.69, 9.17) is 5.11 Å². The second kappa shape index (κ2) is 7.80. The number of thioether (sulfide) groups is 1. The van der Waals surface area contributed by atoms with Crippen LogP contribution in [0.5, 0.6) is 0 Å². The van der Waals surface area contributed by atoms with Crippen LogP contribution in [0.2, 0.25) is 0 Å². The van der Waals surface area contributed by atoms with Crippen LogP contribution in [-0.4, -0.2) is 65.1 Å². The molecule has 0 radical (unpaired) electrons. The molecule has 0 spiro atoms. The number of imide groups is 1. The Hall–Kier alpha value is -1.54. The molecule has 0 aromatic carbocycles. The topological polar surface area (TPSA) is 98.7 Å². The van der Waals surface area contributed by atoms with E-state index in [2.05, 4.69) is 17.2 Å². The van der Waals surface area contributed by atoms with E-state index in [0.717, 1.165) is 5.75 Å².